The fraction of sp³-hybridized carbons (Fsp3) is 0.200. The van der Waals surface area contributed by atoms with Gasteiger partial charge in [-0.3, -0.25) is 4.99 Å². The lowest BCUT2D eigenvalue weighted by molar-refractivity contribution is 1.03. The van der Waals surface area contributed by atoms with Gasteiger partial charge < -0.3 is 0 Å². The Kier molecular flexibility index (Phi) is 0.798. The smallest absolute Gasteiger partial charge is 0.178 e. The molecule has 0 radical (unpaired) electrons. The van der Waals surface area contributed by atoms with Crippen LogP contribution < -0.4 is 10.8 Å². The summed E-state index contributed by atoms with van der Waals surface area (Å²) in [6.07, 6.45) is 3.14. The normalized spacial score (nSPS) is 13.8. The molecular weight excluding hydrogens is 116 g/mol. The molecule has 4 heteroatoms. The van der Waals surface area contributed by atoms with Crippen molar-refractivity contribution in [3.8, 4) is 0 Å². The maximum absolute atomic E-state index is 4.01. The van der Waals surface area contributed by atoms with Gasteiger partial charge in [-0.1, -0.05) is 0 Å². The van der Waals surface area contributed by atoms with Crippen molar-refractivity contribution in [2.24, 2.45) is 9.98 Å². The first-order valence-electron chi connectivity index (χ1n) is 2.62. The van der Waals surface area contributed by atoms with Crippen LogP contribution in [0.4, 0.5) is 0 Å². The predicted molar refractivity (Wildman–Crippen MR) is 29.2 cm³/mol. The van der Waals surface area contributed by atoms with Gasteiger partial charge in [0.15, 0.2) is 5.49 Å². The van der Waals surface area contributed by atoms with Gasteiger partial charge >= 0.3 is 0 Å². The fourth-order valence-electron chi connectivity index (χ4n) is 0.728. The molecule has 1 aromatic heterocycles. The summed E-state index contributed by atoms with van der Waals surface area (Å²) < 4.78 is 0. The van der Waals surface area contributed by atoms with Crippen LogP contribution in [0.5, 0.6) is 0 Å². The second-order valence-corrected chi connectivity index (χ2v) is 1.69. The van der Waals surface area contributed by atoms with Crippen molar-refractivity contribution in [3.63, 3.8) is 0 Å². The Balaban J connectivity index is 2.97. The van der Waals surface area contributed by atoms with Crippen LogP contribution in [0.15, 0.2) is 22.5 Å². The topological polar surface area (TPSA) is 50.5 Å². The van der Waals surface area contributed by atoms with Gasteiger partial charge in [-0.05, 0) is 0 Å². The molecule has 44 valence electrons. The average molecular weight is 120 g/mol. The second-order valence-electron chi connectivity index (χ2n) is 1.69. The van der Waals surface area contributed by atoms with Gasteiger partial charge in [-0.15, -0.1) is 0 Å². The highest BCUT2D eigenvalue weighted by molar-refractivity contribution is 4.82. The van der Waals surface area contributed by atoms with Crippen LogP contribution in [0.2, 0.25) is 0 Å². The number of hydrogen-bond donors (Lipinski definition) is 0. The molecule has 0 bridgehead atoms. The first-order chi connectivity index (χ1) is 4.47. The Morgan fingerprint density at radius 2 is 2.33 bits per heavy atom. The predicted octanol–water partition coefficient (Wildman–Crippen LogP) is -1.31. The SMILES string of the molecule is c1ncc2c(n1)=NCN=2. The van der Waals surface area contributed by atoms with Crippen molar-refractivity contribution in [1.82, 2.24) is 9.97 Å². The Morgan fingerprint density at radius 1 is 1.33 bits per heavy atom. The van der Waals surface area contributed by atoms with Crippen LogP contribution in [0.1, 0.15) is 0 Å². The zero-order valence-electron chi connectivity index (χ0n) is 4.65. The van der Waals surface area contributed by atoms with Gasteiger partial charge in [0.25, 0.3) is 0 Å². The van der Waals surface area contributed by atoms with E-state index in [0.717, 1.165) is 5.36 Å². The molecular formula is C5H4N4. The summed E-state index contributed by atoms with van der Waals surface area (Å²) in [6, 6.07) is 0. The van der Waals surface area contributed by atoms with Crippen LogP contribution in [0.3, 0.4) is 0 Å². The van der Waals surface area contributed by atoms with Gasteiger partial charge in [0.2, 0.25) is 0 Å². The number of rotatable bonds is 0. The van der Waals surface area contributed by atoms with Crippen molar-refractivity contribution >= 4 is 0 Å². The van der Waals surface area contributed by atoms with Crippen LogP contribution >= 0.6 is 0 Å². The molecule has 1 aliphatic rings. The third-order valence-electron chi connectivity index (χ3n) is 1.13. The van der Waals surface area contributed by atoms with E-state index in [2.05, 4.69) is 20.0 Å². The molecule has 1 aliphatic heterocycles. The highest BCUT2D eigenvalue weighted by atomic mass is 15.0. The van der Waals surface area contributed by atoms with E-state index in [1.165, 1.54) is 6.33 Å². The zero-order valence-corrected chi connectivity index (χ0v) is 4.65. The lowest BCUT2D eigenvalue weighted by Crippen LogP contribution is -2.25. The van der Waals surface area contributed by atoms with Gasteiger partial charge in [0, 0.05) is 0 Å². The number of hydrogen-bond acceptors (Lipinski definition) is 4. The average Bonchev–Trinajstić information content (AvgIpc) is 2.33. The van der Waals surface area contributed by atoms with Crippen molar-refractivity contribution < 1.29 is 0 Å². The van der Waals surface area contributed by atoms with E-state index in [9.17, 15) is 0 Å². The molecule has 9 heavy (non-hydrogen) atoms. The minimum atomic E-state index is 0.508. The van der Waals surface area contributed by atoms with E-state index in [1.807, 2.05) is 0 Å². The minimum absolute atomic E-state index is 0.508. The molecule has 1 aromatic rings. The molecule has 2 rings (SSSR count). The van der Waals surface area contributed by atoms with Crippen molar-refractivity contribution in [1.29, 1.82) is 0 Å². The largest absolute Gasteiger partial charge is 0.256 e. The van der Waals surface area contributed by atoms with Gasteiger partial charge in [0.05, 0.1) is 6.20 Å². The quantitative estimate of drug-likeness (QED) is 0.426. The van der Waals surface area contributed by atoms with E-state index in [4.69, 9.17) is 0 Å². The Morgan fingerprint density at radius 3 is 3.22 bits per heavy atom. The first kappa shape index (κ1) is 4.55. The second kappa shape index (κ2) is 1.58. The van der Waals surface area contributed by atoms with Crippen molar-refractivity contribution in [2.45, 2.75) is 0 Å². The lowest BCUT2D eigenvalue weighted by atomic mass is 10.6. The molecule has 0 aliphatic carbocycles. The van der Waals surface area contributed by atoms with E-state index in [0.29, 0.717) is 12.2 Å². The first-order valence-corrected chi connectivity index (χ1v) is 2.62. The molecule has 0 fully saturated rings. The van der Waals surface area contributed by atoms with Crippen molar-refractivity contribution in [3.05, 3.63) is 23.4 Å². The summed E-state index contributed by atoms with van der Waals surface area (Å²) in [7, 11) is 0. The highest BCUT2D eigenvalue weighted by Gasteiger charge is 1.92. The van der Waals surface area contributed by atoms with E-state index >= 15 is 0 Å². The molecule has 2 heterocycles. The molecule has 0 N–H and O–H groups in total. The Labute approximate surface area is 51.0 Å². The van der Waals surface area contributed by atoms with Crippen molar-refractivity contribution in [2.75, 3.05) is 6.67 Å². The number of fused-ring (bicyclic) bond motifs is 1. The van der Waals surface area contributed by atoms with Crippen LogP contribution in [-0.2, 0) is 0 Å². The number of aromatic nitrogens is 2. The maximum Gasteiger partial charge on any atom is 0.178 e. The van der Waals surface area contributed by atoms with E-state index in [-0.39, 0.29) is 0 Å². The molecule has 0 unspecified atom stereocenters. The summed E-state index contributed by atoms with van der Waals surface area (Å²) in [4.78, 5) is 15.7. The van der Waals surface area contributed by atoms with Gasteiger partial charge in [0.1, 0.15) is 18.4 Å². The molecule has 0 spiro atoms. The van der Waals surface area contributed by atoms with Gasteiger partial charge in [-0.2, -0.15) is 0 Å². The summed E-state index contributed by atoms with van der Waals surface area (Å²) in [6.45, 7) is 0.508. The molecule has 0 saturated carbocycles. The summed E-state index contributed by atoms with van der Waals surface area (Å²) >= 11 is 0. The molecule has 0 amide bonds. The molecule has 4 nitrogen and oxygen atoms in total. The summed E-state index contributed by atoms with van der Waals surface area (Å²) in [5.41, 5.74) is 0.713. The molecule has 0 atom stereocenters. The lowest BCUT2D eigenvalue weighted by Gasteiger charge is -1.75. The third kappa shape index (κ3) is 0.595. The zero-order chi connectivity index (χ0) is 6.10. The standard InChI is InChI=1S/C5H4N4/c1-4-5(8-2-6-1)9-3-7-4/h1-2H,3H2. The number of nitrogens with zero attached hydrogens (tertiary/aromatic N) is 4. The Hall–Kier alpha value is -1.32. The third-order valence-corrected chi connectivity index (χ3v) is 1.13. The van der Waals surface area contributed by atoms with Gasteiger partial charge in [-0.25, -0.2) is 15.0 Å². The molecule has 0 aromatic carbocycles. The monoisotopic (exact) mass is 120 g/mol. The fourth-order valence-corrected chi connectivity index (χ4v) is 0.728. The highest BCUT2D eigenvalue weighted by Crippen LogP contribution is 1.71. The summed E-state index contributed by atoms with van der Waals surface area (Å²) in [5, 5.41) is 0.803. The van der Waals surface area contributed by atoms with Crippen LogP contribution in [0.25, 0.3) is 0 Å². The Bertz CT molecular complexity index is 296. The maximum atomic E-state index is 4.01. The van der Waals surface area contributed by atoms with Crippen LogP contribution in [0, 0.1) is 0 Å². The van der Waals surface area contributed by atoms with E-state index < -0.39 is 0 Å². The van der Waals surface area contributed by atoms with E-state index in [1.54, 1.807) is 6.20 Å². The molecule has 0 saturated heterocycles. The van der Waals surface area contributed by atoms with Crippen LogP contribution in [-0.4, -0.2) is 16.6 Å². The summed E-state index contributed by atoms with van der Waals surface area (Å²) in [5.74, 6) is 0. The minimum Gasteiger partial charge on any atom is -0.256 e.